The van der Waals surface area contributed by atoms with Crippen molar-refractivity contribution in [2.45, 2.75) is 39.3 Å². The van der Waals surface area contributed by atoms with Gasteiger partial charge in [0.1, 0.15) is 17.9 Å². The van der Waals surface area contributed by atoms with Crippen LogP contribution in [0.5, 0.6) is 5.75 Å². The van der Waals surface area contributed by atoms with Crippen molar-refractivity contribution in [1.29, 1.82) is 0 Å². The van der Waals surface area contributed by atoms with Gasteiger partial charge >= 0.3 is 17.7 Å². The van der Waals surface area contributed by atoms with Gasteiger partial charge < -0.3 is 19.2 Å². The summed E-state index contributed by atoms with van der Waals surface area (Å²) in [6, 6.07) is 21.8. The fourth-order valence-electron chi connectivity index (χ4n) is 3.99. The molecule has 1 aromatic heterocycles. The quantitative estimate of drug-likeness (QED) is 0.198. The zero-order valence-electron chi connectivity index (χ0n) is 20.2. The highest BCUT2D eigenvalue weighted by molar-refractivity contribution is 5.92. The Balaban J connectivity index is 1.62. The second-order valence-electron chi connectivity index (χ2n) is 8.45. The molecule has 0 fully saturated rings. The minimum Gasteiger partial charge on any atom is -0.445 e. The third-order valence-corrected chi connectivity index (χ3v) is 5.61. The van der Waals surface area contributed by atoms with Gasteiger partial charge in [0.05, 0.1) is 5.39 Å². The molecule has 1 heterocycles. The van der Waals surface area contributed by atoms with Crippen LogP contribution in [0.4, 0.5) is 4.79 Å². The Morgan fingerprint density at radius 1 is 0.972 bits per heavy atom. The van der Waals surface area contributed by atoms with Crippen molar-refractivity contribution in [3.8, 4) is 5.75 Å². The van der Waals surface area contributed by atoms with Crippen molar-refractivity contribution < 1.29 is 23.5 Å². The fraction of sp³-hybridized carbons (Fsp3) is 0.207. The average molecular weight is 486 g/mol. The molecule has 3 aromatic carbocycles. The number of esters is 1. The van der Waals surface area contributed by atoms with E-state index < -0.39 is 23.7 Å². The van der Waals surface area contributed by atoms with Gasteiger partial charge in [0.25, 0.3) is 0 Å². The van der Waals surface area contributed by atoms with Gasteiger partial charge in [-0.3, -0.25) is 0 Å². The summed E-state index contributed by atoms with van der Waals surface area (Å²) in [5, 5.41) is 3.19. The highest BCUT2D eigenvalue weighted by atomic mass is 16.6. The number of carbonyl (C=O) groups excluding carboxylic acids is 2. The van der Waals surface area contributed by atoms with Crippen LogP contribution < -0.4 is 15.7 Å². The number of ether oxygens (including phenoxy) is 2. The second kappa shape index (κ2) is 11.4. The van der Waals surface area contributed by atoms with E-state index in [-0.39, 0.29) is 12.4 Å². The topological polar surface area (TPSA) is 94.8 Å². The average Bonchev–Trinajstić information content (AvgIpc) is 2.86. The number of rotatable bonds is 8. The Kier molecular flexibility index (Phi) is 7.80. The number of amides is 1. The van der Waals surface area contributed by atoms with Gasteiger partial charge in [-0.15, -0.1) is 0 Å². The molecule has 184 valence electrons. The maximum atomic E-state index is 13.4. The van der Waals surface area contributed by atoms with Crippen molar-refractivity contribution >= 4 is 23.0 Å². The molecule has 1 atom stereocenters. The van der Waals surface area contributed by atoms with Crippen LogP contribution in [-0.4, -0.2) is 12.1 Å². The lowest BCUT2D eigenvalue weighted by Crippen LogP contribution is -2.36. The Hall–Kier alpha value is -4.39. The standard InChI is InChI=1S/C29H27NO6/c1-3-10-22-17-25(31)35-23-15-19(2)16-24(26(22)23)36-28(32)27(21-13-8-5-9-14-21)30-29(33)34-18-20-11-6-4-7-12-20/h4-9,11-17,27H,3,10,18H2,1-2H3,(H,30,33)/t27-/m0/s1. The van der Waals surface area contributed by atoms with Gasteiger partial charge in [0, 0.05) is 6.07 Å². The van der Waals surface area contributed by atoms with Crippen molar-refractivity contribution in [2.75, 3.05) is 0 Å². The molecule has 7 nitrogen and oxygen atoms in total. The molecular weight excluding hydrogens is 458 g/mol. The van der Waals surface area contributed by atoms with Gasteiger partial charge in [-0.1, -0.05) is 74.0 Å². The largest absolute Gasteiger partial charge is 0.445 e. The molecule has 0 radical (unpaired) electrons. The number of hydrogen-bond acceptors (Lipinski definition) is 6. The molecule has 0 aliphatic carbocycles. The zero-order valence-corrected chi connectivity index (χ0v) is 20.2. The number of hydrogen-bond donors (Lipinski definition) is 1. The van der Waals surface area contributed by atoms with Gasteiger partial charge in [-0.2, -0.15) is 0 Å². The van der Waals surface area contributed by atoms with Crippen LogP contribution in [0.25, 0.3) is 11.0 Å². The van der Waals surface area contributed by atoms with Crippen molar-refractivity contribution in [2.24, 2.45) is 0 Å². The summed E-state index contributed by atoms with van der Waals surface area (Å²) < 4.78 is 16.6. The number of benzene rings is 3. The maximum absolute atomic E-state index is 13.4. The molecule has 1 N–H and O–H groups in total. The minimum atomic E-state index is -1.12. The van der Waals surface area contributed by atoms with Crippen LogP contribution in [-0.2, 0) is 22.6 Å². The fourth-order valence-corrected chi connectivity index (χ4v) is 3.99. The second-order valence-corrected chi connectivity index (χ2v) is 8.45. The maximum Gasteiger partial charge on any atom is 0.408 e. The molecule has 0 aliphatic heterocycles. The summed E-state index contributed by atoms with van der Waals surface area (Å²) in [6.45, 7) is 3.87. The number of carbonyl (C=O) groups is 2. The van der Waals surface area contributed by atoms with E-state index in [0.717, 1.165) is 23.1 Å². The first-order valence-corrected chi connectivity index (χ1v) is 11.8. The van der Waals surface area contributed by atoms with E-state index in [1.165, 1.54) is 6.07 Å². The van der Waals surface area contributed by atoms with Gasteiger partial charge in [0.15, 0.2) is 6.04 Å². The van der Waals surface area contributed by atoms with Crippen LogP contribution in [0, 0.1) is 6.92 Å². The first kappa shape index (κ1) is 24.7. The highest BCUT2D eigenvalue weighted by Gasteiger charge is 2.27. The lowest BCUT2D eigenvalue weighted by atomic mass is 10.0. The van der Waals surface area contributed by atoms with Gasteiger partial charge in [-0.05, 0) is 47.7 Å². The number of aryl methyl sites for hydroxylation is 2. The summed E-state index contributed by atoms with van der Waals surface area (Å²) in [4.78, 5) is 38.1. The molecule has 0 bridgehead atoms. The van der Waals surface area contributed by atoms with Crippen molar-refractivity contribution in [3.05, 3.63) is 112 Å². The Morgan fingerprint density at radius 2 is 1.67 bits per heavy atom. The molecule has 36 heavy (non-hydrogen) atoms. The first-order valence-electron chi connectivity index (χ1n) is 11.8. The lowest BCUT2D eigenvalue weighted by molar-refractivity contribution is -0.136. The number of fused-ring (bicyclic) bond motifs is 1. The Labute approximate surface area is 208 Å². The predicted molar refractivity (Wildman–Crippen MR) is 136 cm³/mol. The first-order chi connectivity index (χ1) is 17.4. The van der Waals surface area contributed by atoms with E-state index in [2.05, 4.69) is 5.32 Å². The third kappa shape index (κ3) is 5.99. The van der Waals surface area contributed by atoms with Crippen LogP contribution >= 0.6 is 0 Å². The molecule has 0 unspecified atom stereocenters. The summed E-state index contributed by atoms with van der Waals surface area (Å²) >= 11 is 0. The molecule has 4 aromatic rings. The summed E-state index contributed by atoms with van der Waals surface area (Å²) in [5.41, 5.74) is 2.74. The smallest absolute Gasteiger partial charge is 0.408 e. The van der Waals surface area contributed by atoms with E-state index in [4.69, 9.17) is 13.9 Å². The van der Waals surface area contributed by atoms with Crippen LogP contribution in [0.3, 0.4) is 0 Å². The van der Waals surface area contributed by atoms with Gasteiger partial charge in [-0.25, -0.2) is 14.4 Å². The zero-order chi connectivity index (χ0) is 25.5. The van der Waals surface area contributed by atoms with Crippen molar-refractivity contribution in [1.82, 2.24) is 5.32 Å². The predicted octanol–water partition coefficient (Wildman–Crippen LogP) is 5.63. The van der Waals surface area contributed by atoms with Crippen LogP contribution in [0.1, 0.15) is 41.6 Å². The van der Waals surface area contributed by atoms with E-state index in [1.54, 1.807) is 36.4 Å². The lowest BCUT2D eigenvalue weighted by Gasteiger charge is -2.19. The molecule has 0 spiro atoms. The SMILES string of the molecule is CCCc1cc(=O)oc2cc(C)cc(OC(=O)[C@@H](NC(=O)OCc3ccccc3)c3ccccc3)c12. The Bertz CT molecular complexity index is 1410. The van der Waals surface area contributed by atoms with Gasteiger partial charge in [0.2, 0.25) is 0 Å². The summed E-state index contributed by atoms with van der Waals surface area (Å²) in [6.07, 6.45) is 0.653. The number of nitrogens with one attached hydrogen (secondary N) is 1. The molecule has 1 amide bonds. The van der Waals surface area contributed by atoms with Crippen LogP contribution in [0.15, 0.2) is 88.1 Å². The number of alkyl carbamates (subject to hydrolysis) is 1. The summed E-state index contributed by atoms with van der Waals surface area (Å²) in [7, 11) is 0. The van der Waals surface area contributed by atoms with Crippen molar-refractivity contribution in [3.63, 3.8) is 0 Å². The molecule has 4 rings (SSSR count). The monoisotopic (exact) mass is 485 g/mol. The molecular formula is C29H27NO6. The van der Waals surface area contributed by atoms with E-state index >= 15 is 0 Å². The van der Waals surface area contributed by atoms with Crippen LogP contribution in [0.2, 0.25) is 0 Å². The van der Waals surface area contributed by atoms with E-state index in [0.29, 0.717) is 23.0 Å². The molecule has 0 saturated heterocycles. The molecule has 0 saturated carbocycles. The van der Waals surface area contributed by atoms with E-state index in [9.17, 15) is 14.4 Å². The Morgan fingerprint density at radius 3 is 2.36 bits per heavy atom. The van der Waals surface area contributed by atoms with E-state index in [1.807, 2.05) is 50.2 Å². The minimum absolute atomic E-state index is 0.0607. The summed E-state index contributed by atoms with van der Waals surface area (Å²) in [5.74, 6) is -0.430. The third-order valence-electron chi connectivity index (χ3n) is 5.61. The highest BCUT2D eigenvalue weighted by Crippen LogP contribution is 2.32. The normalized spacial score (nSPS) is 11.6. The molecule has 7 heteroatoms. The molecule has 0 aliphatic rings.